The molecule has 26 heavy (non-hydrogen) atoms. The van der Waals surface area contributed by atoms with E-state index in [9.17, 15) is 14.0 Å². The molecule has 5 aromatic rings. The molecule has 7 heteroatoms. The molecule has 0 unspecified atom stereocenters. The van der Waals surface area contributed by atoms with Gasteiger partial charge in [0, 0.05) is 26.4 Å². The molecule has 0 saturated heterocycles. The molecular weight excluding hydrogens is 375 g/mol. The van der Waals surface area contributed by atoms with E-state index in [1.165, 1.54) is 27.9 Å². The molecular formula is C19H8ClFN2O2S. The van der Waals surface area contributed by atoms with Gasteiger partial charge in [0.25, 0.3) is 5.56 Å². The summed E-state index contributed by atoms with van der Waals surface area (Å²) in [6, 6.07) is 10.7. The SMILES string of the molecule is O=c1c2cc(F)ccc2sc2cc3c(=O)n4cccc(Cl)c4nc3cc12. The van der Waals surface area contributed by atoms with Crippen molar-refractivity contribution in [1.29, 1.82) is 0 Å². The molecule has 0 saturated carbocycles. The largest absolute Gasteiger partial charge is 0.288 e. The van der Waals surface area contributed by atoms with E-state index in [-0.39, 0.29) is 11.0 Å². The Morgan fingerprint density at radius 3 is 2.65 bits per heavy atom. The fraction of sp³-hybridized carbons (Fsp3) is 0. The summed E-state index contributed by atoms with van der Waals surface area (Å²) in [6.45, 7) is 0. The summed E-state index contributed by atoms with van der Waals surface area (Å²) < 4.78 is 16.2. The highest BCUT2D eigenvalue weighted by molar-refractivity contribution is 7.24. The van der Waals surface area contributed by atoms with Crippen LogP contribution in [0.2, 0.25) is 5.02 Å². The fourth-order valence-corrected chi connectivity index (χ4v) is 4.39. The maximum absolute atomic E-state index is 13.5. The van der Waals surface area contributed by atoms with Gasteiger partial charge in [-0.25, -0.2) is 9.37 Å². The van der Waals surface area contributed by atoms with E-state index in [0.717, 1.165) is 0 Å². The second kappa shape index (κ2) is 5.33. The average Bonchev–Trinajstić information content (AvgIpc) is 2.63. The minimum absolute atomic E-state index is 0.256. The number of hydrogen-bond donors (Lipinski definition) is 0. The topological polar surface area (TPSA) is 51.4 Å². The molecule has 0 aliphatic heterocycles. The van der Waals surface area contributed by atoms with Crippen molar-refractivity contribution in [3.05, 3.63) is 80.1 Å². The Labute approximate surface area is 153 Å². The molecule has 126 valence electrons. The van der Waals surface area contributed by atoms with Crippen molar-refractivity contribution in [3.8, 4) is 0 Å². The van der Waals surface area contributed by atoms with E-state index < -0.39 is 5.82 Å². The molecule has 4 nitrogen and oxygen atoms in total. The average molecular weight is 383 g/mol. The molecule has 0 N–H and O–H groups in total. The lowest BCUT2D eigenvalue weighted by molar-refractivity contribution is 0.630. The second-order valence-electron chi connectivity index (χ2n) is 5.90. The Kier molecular flexibility index (Phi) is 3.16. The Bertz CT molecular complexity index is 1510. The second-order valence-corrected chi connectivity index (χ2v) is 7.39. The predicted octanol–water partition coefficient (Wildman–Crippen LogP) is 4.37. The zero-order chi connectivity index (χ0) is 18.0. The van der Waals surface area contributed by atoms with Crippen LogP contribution in [0.4, 0.5) is 4.39 Å². The van der Waals surface area contributed by atoms with Crippen LogP contribution < -0.4 is 11.0 Å². The van der Waals surface area contributed by atoms with Gasteiger partial charge in [0.2, 0.25) is 0 Å². The first-order valence-corrected chi connectivity index (χ1v) is 8.89. The van der Waals surface area contributed by atoms with Gasteiger partial charge in [0.1, 0.15) is 5.82 Å². The van der Waals surface area contributed by atoms with Gasteiger partial charge in [-0.15, -0.1) is 11.3 Å². The molecule has 0 radical (unpaired) electrons. The third kappa shape index (κ3) is 2.09. The molecule has 5 rings (SSSR count). The summed E-state index contributed by atoms with van der Waals surface area (Å²) in [5.74, 6) is -0.462. The van der Waals surface area contributed by atoms with Gasteiger partial charge in [0.15, 0.2) is 11.1 Å². The molecule has 3 heterocycles. The van der Waals surface area contributed by atoms with Crippen LogP contribution in [0.5, 0.6) is 0 Å². The van der Waals surface area contributed by atoms with Gasteiger partial charge in [-0.3, -0.25) is 14.0 Å². The van der Waals surface area contributed by atoms with Crippen molar-refractivity contribution in [1.82, 2.24) is 9.38 Å². The van der Waals surface area contributed by atoms with Crippen molar-refractivity contribution in [2.24, 2.45) is 0 Å². The molecule has 0 spiro atoms. The maximum Gasteiger partial charge on any atom is 0.265 e. The Morgan fingerprint density at radius 1 is 1.00 bits per heavy atom. The van der Waals surface area contributed by atoms with Crippen LogP contribution in [-0.4, -0.2) is 9.38 Å². The Morgan fingerprint density at radius 2 is 1.81 bits per heavy atom. The van der Waals surface area contributed by atoms with Gasteiger partial charge >= 0.3 is 0 Å². The van der Waals surface area contributed by atoms with Crippen LogP contribution in [0.1, 0.15) is 0 Å². The van der Waals surface area contributed by atoms with E-state index in [2.05, 4.69) is 4.98 Å². The summed E-state index contributed by atoms with van der Waals surface area (Å²) >= 11 is 7.49. The molecule has 0 aliphatic rings. The summed E-state index contributed by atoms with van der Waals surface area (Å²) in [4.78, 5) is 30.1. The van der Waals surface area contributed by atoms with E-state index >= 15 is 0 Å². The maximum atomic E-state index is 13.5. The number of nitrogens with zero attached hydrogens (tertiary/aromatic N) is 2. The number of fused-ring (bicyclic) bond motifs is 4. The number of aromatic nitrogens is 2. The van der Waals surface area contributed by atoms with Crippen LogP contribution in [0, 0.1) is 5.82 Å². The van der Waals surface area contributed by atoms with Crippen LogP contribution in [0.3, 0.4) is 0 Å². The Hall–Kier alpha value is -2.83. The minimum atomic E-state index is -0.462. The zero-order valence-corrected chi connectivity index (χ0v) is 14.6. The number of rotatable bonds is 0. The lowest BCUT2D eigenvalue weighted by Crippen LogP contribution is -2.15. The van der Waals surface area contributed by atoms with E-state index in [4.69, 9.17) is 11.6 Å². The van der Waals surface area contributed by atoms with Crippen LogP contribution in [0.25, 0.3) is 36.7 Å². The third-order valence-corrected chi connectivity index (χ3v) is 5.77. The number of halogens is 2. The highest BCUT2D eigenvalue weighted by Crippen LogP contribution is 2.28. The molecule has 0 amide bonds. The van der Waals surface area contributed by atoms with Crippen molar-refractivity contribution in [2.45, 2.75) is 0 Å². The minimum Gasteiger partial charge on any atom is -0.288 e. The predicted molar refractivity (Wildman–Crippen MR) is 103 cm³/mol. The lowest BCUT2D eigenvalue weighted by Gasteiger charge is -2.06. The number of benzene rings is 2. The van der Waals surface area contributed by atoms with Crippen LogP contribution >= 0.6 is 22.9 Å². The summed E-state index contributed by atoms with van der Waals surface area (Å²) in [7, 11) is 0. The monoisotopic (exact) mass is 382 g/mol. The van der Waals surface area contributed by atoms with Crippen LogP contribution in [0.15, 0.2) is 58.3 Å². The summed E-state index contributed by atoms with van der Waals surface area (Å²) in [5, 5.41) is 1.47. The Balaban J connectivity index is 2.02. The van der Waals surface area contributed by atoms with Crippen LogP contribution in [-0.2, 0) is 0 Å². The van der Waals surface area contributed by atoms with Gasteiger partial charge < -0.3 is 0 Å². The first-order chi connectivity index (χ1) is 12.5. The van der Waals surface area contributed by atoms with Gasteiger partial charge in [-0.1, -0.05) is 11.6 Å². The molecule has 0 aliphatic carbocycles. The van der Waals surface area contributed by atoms with Crippen molar-refractivity contribution in [2.75, 3.05) is 0 Å². The highest BCUT2D eigenvalue weighted by Gasteiger charge is 2.13. The molecule has 0 bridgehead atoms. The van der Waals surface area contributed by atoms with E-state index in [0.29, 0.717) is 41.7 Å². The van der Waals surface area contributed by atoms with E-state index in [1.807, 2.05) is 0 Å². The first-order valence-electron chi connectivity index (χ1n) is 7.70. The zero-order valence-electron chi connectivity index (χ0n) is 13.0. The first kappa shape index (κ1) is 15.4. The van der Waals surface area contributed by atoms with Gasteiger partial charge in [0.05, 0.1) is 15.9 Å². The van der Waals surface area contributed by atoms with Crippen molar-refractivity contribution in [3.63, 3.8) is 0 Å². The summed E-state index contributed by atoms with van der Waals surface area (Å²) in [6.07, 6.45) is 1.60. The molecule has 3 aromatic heterocycles. The van der Waals surface area contributed by atoms with Gasteiger partial charge in [-0.2, -0.15) is 0 Å². The standard InChI is InChI=1S/C19H8ClFN2O2S/c20-13-2-1-5-23-18(13)22-14-7-12-16(8-10(14)19(23)25)26-15-4-3-9(21)6-11(15)17(12)24/h1-8H. The normalized spacial score (nSPS) is 11.8. The highest BCUT2D eigenvalue weighted by atomic mass is 35.5. The fourth-order valence-electron chi connectivity index (χ4n) is 3.12. The molecule has 0 atom stereocenters. The quantitative estimate of drug-likeness (QED) is 0.374. The lowest BCUT2D eigenvalue weighted by atomic mass is 10.1. The smallest absolute Gasteiger partial charge is 0.265 e. The number of hydrogen-bond acceptors (Lipinski definition) is 4. The molecule has 2 aromatic carbocycles. The summed E-state index contributed by atoms with van der Waals surface area (Å²) in [5.41, 5.74) is 0.175. The number of pyridine rings is 1. The molecule has 0 fully saturated rings. The van der Waals surface area contributed by atoms with E-state index in [1.54, 1.807) is 36.5 Å². The van der Waals surface area contributed by atoms with Crippen molar-refractivity contribution >= 4 is 59.7 Å². The third-order valence-electron chi connectivity index (χ3n) is 4.34. The van der Waals surface area contributed by atoms with Gasteiger partial charge in [-0.05, 0) is 42.5 Å². The van der Waals surface area contributed by atoms with Crippen molar-refractivity contribution < 1.29 is 4.39 Å².